The van der Waals surface area contributed by atoms with Crippen molar-refractivity contribution in [2.75, 3.05) is 13.7 Å². The van der Waals surface area contributed by atoms with Gasteiger partial charge in [-0.05, 0) is 31.7 Å². The molecule has 4 heteroatoms. The van der Waals surface area contributed by atoms with E-state index in [9.17, 15) is 4.79 Å². The predicted octanol–water partition coefficient (Wildman–Crippen LogP) is 3.02. The lowest BCUT2D eigenvalue weighted by Crippen LogP contribution is -2.27. The second-order valence-corrected chi connectivity index (χ2v) is 5.51. The van der Waals surface area contributed by atoms with Crippen molar-refractivity contribution in [3.8, 4) is 5.88 Å². The first kappa shape index (κ1) is 14.8. The lowest BCUT2D eigenvalue weighted by atomic mass is 10.0. The molecule has 1 aliphatic rings. The zero-order valence-electron chi connectivity index (χ0n) is 12.5. The number of carbonyl (C=O) groups excluding carboxylic acids is 1. The van der Waals surface area contributed by atoms with E-state index in [0.29, 0.717) is 31.4 Å². The molecule has 1 saturated carbocycles. The Morgan fingerprint density at radius 3 is 2.90 bits per heavy atom. The molecule has 2 rings (SSSR count). The summed E-state index contributed by atoms with van der Waals surface area (Å²) in [6, 6.07) is 3.85. The Bertz CT molecular complexity index is 442. The summed E-state index contributed by atoms with van der Waals surface area (Å²) >= 11 is 0. The number of nitrogens with zero attached hydrogens (tertiary/aromatic N) is 2. The average molecular weight is 276 g/mol. The molecule has 1 amide bonds. The van der Waals surface area contributed by atoms with E-state index in [2.05, 4.69) is 4.98 Å². The summed E-state index contributed by atoms with van der Waals surface area (Å²) in [7, 11) is 1.86. The van der Waals surface area contributed by atoms with E-state index in [1.807, 2.05) is 26.1 Å². The first-order valence-electron chi connectivity index (χ1n) is 7.51. The molecular weight excluding hydrogens is 252 g/mol. The summed E-state index contributed by atoms with van der Waals surface area (Å²) in [6.07, 6.45) is 7.36. The SMILES string of the molecule is CCOc1ncccc1CN(C)C(=O)CC1CCCC1. The second-order valence-electron chi connectivity index (χ2n) is 5.51. The highest BCUT2D eigenvalue weighted by atomic mass is 16.5. The molecule has 0 radical (unpaired) electrons. The van der Waals surface area contributed by atoms with E-state index in [0.717, 1.165) is 5.56 Å². The summed E-state index contributed by atoms with van der Waals surface area (Å²) in [4.78, 5) is 18.3. The molecule has 4 nitrogen and oxygen atoms in total. The van der Waals surface area contributed by atoms with Crippen LogP contribution >= 0.6 is 0 Å². The molecule has 1 heterocycles. The number of aromatic nitrogens is 1. The van der Waals surface area contributed by atoms with Crippen LogP contribution in [0, 0.1) is 5.92 Å². The summed E-state index contributed by atoms with van der Waals surface area (Å²) in [5.41, 5.74) is 0.969. The zero-order valence-corrected chi connectivity index (χ0v) is 12.5. The minimum Gasteiger partial charge on any atom is -0.478 e. The van der Waals surface area contributed by atoms with Crippen LogP contribution in [-0.2, 0) is 11.3 Å². The Morgan fingerprint density at radius 1 is 1.45 bits per heavy atom. The Kier molecular flexibility index (Phi) is 5.39. The van der Waals surface area contributed by atoms with Gasteiger partial charge in [0.25, 0.3) is 0 Å². The van der Waals surface area contributed by atoms with Crippen molar-refractivity contribution in [3.05, 3.63) is 23.9 Å². The van der Waals surface area contributed by atoms with Gasteiger partial charge in [0.15, 0.2) is 0 Å². The lowest BCUT2D eigenvalue weighted by molar-refractivity contribution is -0.131. The molecule has 0 unspecified atom stereocenters. The van der Waals surface area contributed by atoms with Crippen molar-refractivity contribution in [2.45, 2.75) is 45.6 Å². The third-order valence-corrected chi connectivity index (χ3v) is 3.90. The van der Waals surface area contributed by atoms with Crippen LogP contribution in [0.5, 0.6) is 5.88 Å². The van der Waals surface area contributed by atoms with Gasteiger partial charge in [-0.3, -0.25) is 4.79 Å². The van der Waals surface area contributed by atoms with Gasteiger partial charge in [-0.1, -0.05) is 18.9 Å². The molecule has 0 aromatic carbocycles. The third-order valence-electron chi connectivity index (χ3n) is 3.90. The topological polar surface area (TPSA) is 42.4 Å². The lowest BCUT2D eigenvalue weighted by Gasteiger charge is -2.20. The molecule has 1 aliphatic carbocycles. The molecule has 0 atom stereocenters. The highest BCUT2D eigenvalue weighted by Gasteiger charge is 2.21. The molecular formula is C16H24N2O2. The number of ether oxygens (including phenoxy) is 1. The summed E-state index contributed by atoms with van der Waals surface area (Å²) in [5.74, 6) is 1.45. The quantitative estimate of drug-likeness (QED) is 0.802. The van der Waals surface area contributed by atoms with Gasteiger partial charge in [0.1, 0.15) is 0 Å². The van der Waals surface area contributed by atoms with Gasteiger partial charge in [0.2, 0.25) is 11.8 Å². The molecule has 0 saturated heterocycles. The van der Waals surface area contributed by atoms with E-state index < -0.39 is 0 Å². The van der Waals surface area contributed by atoms with Crippen LogP contribution in [0.4, 0.5) is 0 Å². The van der Waals surface area contributed by atoms with Crippen molar-refractivity contribution < 1.29 is 9.53 Å². The third kappa shape index (κ3) is 3.95. The van der Waals surface area contributed by atoms with E-state index in [-0.39, 0.29) is 5.91 Å². The zero-order chi connectivity index (χ0) is 14.4. The van der Waals surface area contributed by atoms with Crippen LogP contribution in [0.25, 0.3) is 0 Å². The molecule has 0 N–H and O–H groups in total. The smallest absolute Gasteiger partial charge is 0.222 e. The molecule has 0 spiro atoms. The number of carbonyl (C=O) groups is 1. The fraction of sp³-hybridized carbons (Fsp3) is 0.625. The summed E-state index contributed by atoms with van der Waals surface area (Å²) < 4.78 is 5.50. The molecule has 1 aromatic heterocycles. The van der Waals surface area contributed by atoms with Crippen LogP contribution in [0.2, 0.25) is 0 Å². The van der Waals surface area contributed by atoms with E-state index in [1.54, 1.807) is 11.1 Å². The van der Waals surface area contributed by atoms with Crippen LogP contribution in [0.3, 0.4) is 0 Å². The van der Waals surface area contributed by atoms with Crippen LogP contribution in [0.15, 0.2) is 18.3 Å². The van der Waals surface area contributed by atoms with Crippen molar-refractivity contribution in [3.63, 3.8) is 0 Å². The largest absolute Gasteiger partial charge is 0.478 e. The van der Waals surface area contributed by atoms with Crippen molar-refractivity contribution in [1.82, 2.24) is 9.88 Å². The van der Waals surface area contributed by atoms with Crippen LogP contribution in [-0.4, -0.2) is 29.4 Å². The Labute approximate surface area is 121 Å². The monoisotopic (exact) mass is 276 g/mol. The standard InChI is InChI=1S/C16H24N2O2/c1-3-20-16-14(9-6-10-17-16)12-18(2)15(19)11-13-7-4-5-8-13/h6,9-10,13H,3-5,7-8,11-12H2,1-2H3. The number of hydrogen-bond acceptors (Lipinski definition) is 3. The number of rotatable bonds is 6. The number of amides is 1. The first-order chi connectivity index (χ1) is 9.70. The maximum absolute atomic E-state index is 12.2. The van der Waals surface area contributed by atoms with Gasteiger partial charge in [-0.15, -0.1) is 0 Å². The fourth-order valence-electron chi connectivity index (χ4n) is 2.77. The Morgan fingerprint density at radius 2 is 2.20 bits per heavy atom. The van der Waals surface area contributed by atoms with Crippen LogP contribution in [0.1, 0.15) is 44.6 Å². The second kappa shape index (κ2) is 7.27. The number of pyridine rings is 1. The Balaban J connectivity index is 1.92. The van der Waals surface area contributed by atoms with E-state index >= 15 is 0 Å². The van der Waals surface area contributed by atoms with E-state index in [1.165, 1.54) is 25.7 Å². The van der Waals surface area contributed by atoms with Gasteiger partial charge >= 0.3 is 0 Å². The highest BCUT2D eigenvalue weighted by Crippen LogP contribution is 2.28. The van der Waals surface area contributed by atoms with Crippen molar-refractivity contribution >= 4 is 5.91 Å². The normalized spacial score (nSPS) is 15.3. The van der Waals surface area contributed by atoms with Gasteiger partial charge in [0, 0.05) is 25.2 Å². The summed E-state index contributed by atoms with van der Waals surface area (Å²) in [5, 5.41) is 0. The average Bonchev–Trinajstić information content (AvgIpc) is 2.94. The minimum absolute atomic E-state index is 0.225. The molecule has 1 aromatic rings. The maximum Gasteiger partial charge on any atom is 0.222 e. The van der Waals surface area contributed by atoms with Crippen molar-refractivity contribution in [1.29, 1.82) is 0 Å². The Hall–Kier alpha value is -1.58. The molecule has 110 valence electrons. The molecule has 0 bridgehead atoms. The molecule has 20 heavy (non-hydrogen) atoms. The van der Waals surface area contributed by atoms with Crippen LogP contribution < -0.4 is 4.74 Å². The number of hydrogen-bond donors (Lipinski definition) is 0. The highest BCUT2D eigenvalue weighted by molar-refractivity contribution is 5.76. The molecule has 0 aliphatic heterocycles. The molecule has 1 fully saturated rings. The fourth-order valence-corrected chi connectivity index (χ4v) is 2.77. The van der Waals surface area contributed by atoms with Crippen molar-refractivity contribution in [2.24, 2.45) is 5.92 Å². The van der Waals surface area contributed by atoms with E-state index in [4.69, 9.17) is 4.74 Å². The summed E-state index contributed by atoms with van der Waals surface area (Å²) in [6.45, 7) is 3.09. The maximum atomic E-state index is 12.2. The van der Waals surface area contributed by atoms with Gasteiger partial charge in [0.05, 0.1) is 13.2 Å². The van der Waals surface area contributed by atoms with Gasteiger partial charge in [-0.2, -0.15) is 0 Å². The predicted molar refractivity (Wildman–Crippen MR) is 78.5 cm³/mol. The van der Waals surface area contributed by atoms with Gasteiger partial charge in [-0.25, -0.2) is 4.98 Å². The van der Waals surface area contributed by atoms with Gasteiger partial charge < -0.3 is 9.64 Å². The minimum atomic E-state index is 0.225. The first-order valence-corrected chi connectivity index (χ1v) is 7.51.